The zero-order valence-electron chi connectivity index (χ0n) is 12.7. The number of carbonyl (C=O) groups is 1. The van der Waals surface area contributed by atoms with Crippen LogP contribution in [0.15, 0.2) is 24.5 Å². The van der Waals surface area contributed by atoms with Gasteiger partial charge in [-0.3, -0.25) is 9.89 Å². The molecule has 0 radical (unpaired) electrons. The molecule has 0 unspecified atom stereocenters. The molecule has 4 rings (SSSR count). The summed E-state index contributed by atoms with van der Waals surface area (Å²) in [7, 11) is 0. The summed E-state index contributed by atoms with van der Waals surface area (Å²) in [5.74, 6) is -0.208. The van der Waals surface area contributed by atoms with Gasteiger partial charge in [0.05, 0.1) is 12.2 Å². The molecular formula is C16H18N6O. The lowest BCUT2D eigenvalue weighted by Gasteiger charge is -2.03. The van der Waals surface area contributed by atoms with Gasteiger partial charge in [-0.2, -0.15) is 10.2 Å². The van der Waals surface area contributed by atoms with Crippen LogP contribution >= 0.6 is 0 Å². The second-order valence-electron chi connectivity index (χ2n) is 5.82. The molecule has 7 nitrogen and oxygen atoms in total. The first kappa shape index (κ1) is 13.9. The summed E-state index contributed by atoms with van der Waals surface area (Å²) in [6, 6.07) is 3.46. The van der Waals surface area contributed by atoms with Gasteiger partial charge in [-0.25, -0.2) is 9.50 Å². The maximum Gasteiger partial charge on any atom is 0.272 e. The zero-order chi connectivity index (χ0) is 15.6. The third-order valence-corrected chi connectivity index (χ3v) is 4.28. The zero-order valence-corrected chi connectivity index (χ0v) is 12.7. The van der Waals surface area contributed by atoms with E-state index in [1.807, 2.05) is 0 Å². The lowest BCUT2D eigenvalue weighted by atomic mass is 10.1. The number of H-pyrrole nitrogens is 1. The van der Waals surface area contributed by atoms with Crippen molar-refractivity contribution in [3.63, 3.8) is 0 Å². The maximum absolute atomic E-state index is 12.3. The molecule has 1 aliphatic rings. The van der Waals surface area contributed by atoms with E-state index in [9.17, 15) is 4.79 Å². The number of aromatic nitrogens is 5. The molecule has 2 N–H and O–H groups in total. The van der Waals surface area contributed by atoms with Crippen LogP contribution in [0.5, 0.6) is 0 Å². The molecule has 0 aromatic carbocycles. The predicted octanol–water partition coefficient (Wildman–Crippen LogP) is 1.65. The molecular weight excluding hydrogens is 292 g/mol. The van der Waals surface area contributed by atoms with Crippen molar-refractivity contribution in [1.82, 2.24) is 30.1 Å². The SMILES string of the molecule is O=C(NCc1n[nH]c2c1CCCCC2)c1cc2ncccn2n1. The quantitative estimate of drug-likeness (QED) is 0.720. The Morgan fingerprint density at radius 3 is 3.13 bits per heavy atom. The van der Waals surface area contributed by atoms with E-state index >= 15 is 0 Å². The molecule has 3 aromatic rings. The number of hydrogen-bond acceptors (Lipinski definition) is 4. The van der Waals surface area contributed by atoms with Crippen molar-refractivity contribution in [2.45, 2.75) is 38.6 Å². The molecule has 0 spiro atoms. The van der Waals surface area contributed by atoms with Gasteiger partial charge in [-0.05, 0) is 37.3 Å². The van der Waals surface area contributed by atoms with Crippen molar-refractivity contribution in [3.05, 3.63) is 47.2 Å². The minimum absolute atomic E-state index is 0.208. The van der Waals surface area contributed by atoms with E-state index in [-0.39, 0.29) is 5.91 Å². The average Bonchev–Trinajstić information content (AvgIpc) is 3.10. The number of nitrogens with zero attached hydrogens (tertiary/aromatic N) is 4. The van der Waals surface area contributed by atoms with Crippen molar-refractivity contribution in [3.8, 4) is 0 Å². The number of nitrogens with one attached hydrogen (secondary N) is 2. The summed E-state index contributed by atoms with van der Waals surface area (Å²) in [6.45, 7) is 0.423. The van der Waals surface area contributed by atoms with Crippen LogP contribution in [0.4, 0.5) is 0 Å². The third kappa shape index (κ3) is 2.69. The Kier molecular flexibility index (Phi) is 3.53. The molecule has 3 aromatic heterocycles. The minimum atomic E-state index is -0.208. The highest BCUT2D eigenvalue weighted by molar-refractivity contribution is 5.93. The number of amides is 1. The van der Waals surface area contributed by atoms with Crippen LogP contribution in [0.25, 0.3) is 5.65 Å². The molecule has 118 valence electrons. The number of aryl methyl sites for hydroxylation is 1. The Balaban J connectivity index is 1.48. The molecule has 0 saturated heterocycles. The van der Waals surface area contributed by atoms with E-state index in [1.165, 1.54) is 30.5 Å². The smallest absolute Gasteiger partial charge is 0.272 e. The fourth-order valence-corrected chi connectivity index (χ4v) is 3.07. The Morgan fingerprint density at radius 1 is 1.30 bits per heavy atom. The van der Waals surface area contributed by atoms with Gasteiger partial charge >= 0.3 is 0 Å². The molecule has 0 fully saturated rings. The number of aromatic amines is 1. The highest BCUT2D eigenvalue weighted by Crippen LogP contribution is 2.21. The van der Waals surface area contributed by atoms with Crippen LogP contribution in [0.1, 0.15) is 46.7 Å². The Morgan fingerprint density at radius 2 is 2.22 bits per heavy atom. The number of carbonyl (C=O) groups excluding carboxylic acids is 1. The minimum Gasteiger partial charge on any atom is -0.345 e. The first-order valence-electron chi connectivity index (χ1n) is 7.95. The molecule has 0 saturated carbocycles. The van der Waals surface area contributed by atoms with Crippen molar-refractivity contribution in [2.24, 2.45) is 0 Å². The van der Waals surface area contributed by atoms with E-state index < -0.39 is 0 Å². The van der Waals surface area contributed by atoms with Crippen LogP contribution < -0.4 is 5.32 Å². The van der Waals surface area contributed by atoms with E-state index in [0.29, 0.717) is 17.9 Å². The van der Waals surface area contributed by atoms with Crippen LogP contribution in [0.2, 0.25) is 0 Å². The second kappa shape index (κ2) is 5.83. The van der Waals surface area contributed by atoms with Crippen LogP contribution in [-0.2, 0) is 19.4 Å². The van der Waals surface area contributed by atoms with Crippen LogP contribution in [-0.4, -0.2) is 30.7 Å². The normalized spacial score (nSPS) is 14.4. The summed E-state index contributed by atoms with van der Waals surface area (Å²) in [5, 5.41) is 14.6. The lowest BCUT2D eigenvalue weighted by molar-refractivity contribution is 0.0945. The molecule has 0 atom stereocenters. The van der Waals surface area contributed by atoms with Gasteiger partial charge in [0.1, 0.15) is 0 Å². The first-order chi connectivity index (χ1) is 11.3. The van der Waals surface area contributed by atoms with E-state index in [0.717, 1.165) is 18.5 Å². The van der Waals surface area contributed by atoms with Crippen molar-refractivity contribution in [2.75, 3.05) is 0 Å². The molecule has 1 aliphatic carbocycles. The standard InChI is InChI=1S/C16H18N6O/c23-16(13-9-15-17-7-4-8-22(15)21-13)18-10-14-11-5-2-1-3-6-12(11)19-20-14/h4,7-9H,1-3,5-6,10H2,(H,18,23)(H,19,20). The van der Waals surface area contributed by atoms with Gasteiger partial charge in [0.15, 0.2) is 11.3 Å². The third-order valence-electron chi connectivity index (χ3n) is 4.28. The predicted molar refractivity (Wildman–Crippen MR) is 84.0 cm³/mol. The Bertz CT molecular complexity index is 816. The van der Waals surface area contributed by atoms with Gasteiger partial charge < -0.3 is 5.32 Å². The fraction of sp³-hybridized carbons (Fsp3) is 0.375. The molecule has 0 aliphatic heterocycles. The molecule has 7 heteroatoms. The van der Waals surface area contributed by atoms with Gasteiger partial charge in [0.2, 0.25) is 0 Å². The van der Waals surface area contributed by atoms with Crippen molar-refractivity contribution >= 4 is 11.6 Å². The topological polar surface area (TPSA) is 88.0 Å². The Hall–Kier alpha value is -2.70. The molecule has 3 heterocycles. The maximum atomic E-state index is 12.3. The van der Waals surface area contributed by atoms with Gasteiger partial charge in [-0.1, -0.05) is 6.42 Å². The average molecular weight is 310 g/mol. The summed E-state index contributed by atoms with van der Waals surface area (Å²) in [6.07, 6.45) is 9.18. The van der Waals surface area contributed by atoms with Gasteiger partial charge in [-0.15, -0.1) is 0 Å². The monoisotopic (exact) mass is 310 g/mol. The summed E-state index contributed by atoms with van der Waals surface area (Å²) in [4.78, 5) is 16.5. The van der Waals surface area contributed by atoms with Gasteiger partial charge in [0.25, 0.3) is 5.91 Å². The molecule has 23 heavy (non-hydrogen) atoms. The number of fused-ring (bicyclic) bond motifs is 2. The second-order valence-corrected chi connectivity index (χ2v) is 5.82. The van der Waals surface area contributed by atoms with Gasteiger partial charge in [0, 0.05) is 24.2 Å². The Labute approximate surface area is 133 Å². The van der Waals surface area contributed by atoms with Crippen LogP contribution in [0.3, 0.4) is 0 Å². The first-order valence-corrected chi connectivity index (χ1v) is 7.95. The van der Waals surface area contributed by atoms with Crippen molar-refractivity contribution < 1.29 is 4.79 Å². The highest BCUT2D eigenvalue weighted by atomic mass is 16.1. The molecule has 1 amide bonds. The summed E-state index contributed by atoms with van der Waals surface area (Å²) < 4.78 is 1.59. The van der Waals surface area contributed by atoms with E-state index in [2.05, 4.69) is 25.6 Å². The van der Waals surface area contributed by atoms with Crippen molar-refractivity contribution in [1.29, 1.82) is 0 Å². The van der Waals surface area contributed by atoms with E-state index in [1.54, 1.807) is 29.0 Å². The lowest BCUT2D eigenvalue weighted by Crippen LogP contribution is -2.24. The fourth-order valence-electron chi connectivity index (χ4n) is 3.07. The van der Waals surface area contributed by atoms with E-state index in [4.69, 9.17) is 0 Å². The summed E-state index contributed by atoms with van der Waals surface area (Å²) in [5.41, 5.74) is 4.47. The van der Waals surface area contributed by atoms with Crippen LogP contribution in [0, 0.1) is 0 Å². The number of rotatable bonds is 3. The largest absolute Gasteiger partial charge is 0.345 e. The summed E-state index contributed by atoms with van der Waals surface area (Å²) >= 11 is 0. The highest BCUT2D eigenvalue weighted by Gasteiger charge is 2.17. The molecule has 0 bridgehead atoms. The number of hydrogen-bond donors (Lipinski definition) is 2.